The van der Waals surface area contributed by atoms with Gasteiger partial charge in [-0.2, -0.15) is 5.26 Å². The lowest BCUT2D eigenvalue weighted by Crippen LogP contribution is -2.52. The van der Waals surface area contributed by atoms with E-state index in [1.807, 2.05) is 19.1 Å². The molecule has 1 saturated carbocycles. The number of fused-ring (bicyclic) bond motifs is 1. The SMILES string of the molecule is CCCC(C)(C)CC[C@](C)(CCC(=O)OC)CCC(C)(C)[C@]1(C)CC[C@H]2[C@H](C)C(=O)C(C#N)=C[C@]2(C)/C1=C/C(C)=O. The summed E-state index contributed by atoms with van der Waals surface area (Å²) >= 11 is 0. The van der Waals surface area contributed by atoms with Gasteiger partial charge in [0.15, 0.2) is 11.6 Å². The maximum absolute atomic E-state index is 12.9. The van der Waals surface area contributed by atoms with Crippen LogP contribution in [0.4, 0.5) is 0 Å². The molecule has 0 N–H and O–H groups in total. The summed E-state index contributed by atoms with van der Waals surface area (Å²) < 4.78 is 5.00. The minimum absolute atomic E-state index is 0.00133. The Morgan fingerprint density at radius 2 is 1.68 bits per heavy atom. The summed E-state index contributed by atoms with van der Waals surface area (Å²) in [5.74, 6) is -0.425. The first kappa shape index (κ1) is 35.0. The average Bonchev–Trinajstić information content (AvgIpc) is 2.89. The molecule has 2 aliphatic rings. The van der Waals surface area contributed by atoms with Crippen molar-refractivity contribution >= 4 is 17.5 Å². The number of esters is 1. The highest BCUT2D eigenvalue weighted by Crippen LogP contribution is 2.65. The van der Waals surface area contributed by atoms with Gasteiger partial charge in [-0.1, -0.05) is 80.4 Å². The minimum atomic E-state index is -0.535. The van der Waals surface area contributed by atoms with E-state index in [0.717, 1.165) is 56.9 Å². The zero-order valence-corrected chi connectivity index (χ0v) is 28.0. The van der Waals surface area contributed by atoms with Gasteiger partial charge in [-0.15, -0.1) is 0 Å². The Morgan fingerprint density at radius 1 is 1.07 bits per heavy atom. The molecule has 2 aliphatic carbocycles. The second-order valence-corrected chi connectivity index (χ2v) is 15.4. The number of nitrogens with zero attached hydrogens (tertiary/aromatic N) is 1. The van der Waals surface area contributed by atoms with Gasteiger partial charge in [0.2, 0.25) is 0 Å². The lowest BCUT2D eigenvalue weighted by atomic mass is 9.44. The van der Waals surface area contributed by atoms with E-state index in [0.29, 0.717) is 6.42 Å². The predicted octanol–water partition coefficient (Wildman–Crippen LogP) is 8.97. The van der Waals surface area contributed by atoms with Crippen LogP contribution in [0, 0.1) is 50.2 Å². The van der Waals surface area contributed by atoms with Gasteiger partial charge in [0.25, 0.3) is 0 Å². The van der Waals surface area contributed by atoms with E-state index in [4.69, 9.17) is 4.74 Å². The smallest absolute Gasteiger partial charge is 0.305 e. The standard InChI is InChI=1S/C36H57NO4/c1-12-15-32(4,5)18-20-34(8,16-14-30(39)41-11)21-19-33(6,7)36(10)17-13-28-26(3)31(40)27(24-37)23-35(28,9)29(36)22-25(2)38/h22-23,26,28H,12-21H2,1-11H3/b29-22-/t26-,28-,34-,35-,36+/m0/s1. The second-order valence-electron chi connectivity index (χ2n) is 15.4. The molecule has 0 unspecified atom stereocenters. The number of ketones is 2. The number of hydrogen-bond donors (Lipinski definition) is 0. The van der Waals surface area contributed by atoms with Crippen LogP contribution >= 0.6 is 0 Å². The van der Waals surface area contributed by atoms with Crippen LogP contribution < -0.4 is 0 Å². The molecule has 1 fully saturated rings. The van der Waals surface area contributed by atoms with Gasteiger partial charge in [0.1, 0.15) is 6.07 Å². The van der Waals surface area contributed by atoms with Crippen LogP contribution in [-0.4, -0.2) is 24.6 Å². The van der Waals surface area contributed by atoms with Gasteiger partial charge in [-0.3, -0.25) is 14.4 Å². The van der Waals surface area contributed by atoms with E-state index in [2.05, 4.69) is 61.5 Å². The van der Waals surface area contributed by atoms with Crippen molar-refractivity contribution in [2.45, 2.75) is 133 Å². The summed E-state index contributed by atoms with van der Waals surface area (Å²) in [5, 5.41) is 9.81. The monoisotopic (exact) mass is 567 g/mol. The first-order valence-electron chi connectivity index (χ1n) is 15.8. The molecule has 0 spiro atoms. The molecule has 41 heavy (non-hydrogen) atoms. The molecule has 0 aromatic heterocycles. The Kier molecular flexibility index (Phi) is 11.1. The highest BCUT2D eigenvalue weighted by atomic mass is 16.5. The Bertz CT molecular complexity index is 1110. The molecule has 0 saturated heterocycles. The quantitative estimate of drug-likeness (QED) is 0.164. The van der Waals surface area contributed by atoms with Gasteiger partial charge in [-0.05, 0) is 91.9 Å². The molecule has 2 rings (SSSR count). The first-order chi connectivity index (χ1) is 18.8. The topological polar surface area (TPSA) is 84.2 Å². The summed E-state index contributed by atoms with van der Waals surface area (Å²) in [6.07, 6.45) is 13.1. The fourth-order valence-corrected chi connectivity index (χ4v) is 7.95. The Balaban J connectivity index is 2.48. The molecule has 0 amide bonds. The number of hydrogen-bond acceptors (Lipinski definition) is 5. The number of nitriles is 1. The fourth-order valence-electron chi connectivity index (χ4n) is 7.95. The summed E-state index contributed by atoms with van der Waals surface area (Å²) in [4.78, 5) is 37.8. The highest BCUT2D eigenvalue weighted by Gasteiger charge is 2.58. The largest absolute Gasteiger partial charge is 0.469 e. The number of carbonyl (C=O) groups is 3. The van der Waals surface area contributed by atoms with Crippen LogP contribution in [0.25, 0.3) is 0 Å². The molecule has 5 nitrogen and oxygen atoms in total. The van der Waals surface area contributed by atoms with E-state index in [1.165, 1.54) is 13.5 Å². The number of Topliss-reactive ketones (excluding diaryl/α,β-unsaturated/α-hetero) is 1. The normalized spacial score (nSPS) is 29.3. The van der Waals surface area contributed by atoms with Crippen molar-refractivity contribution < 1.29 is 19.1 Å². The van der Waals surface area contributed by atoms with Crippen LogP contribution in [0.5, 0.6) is 0 Å². The van der Waals surface area contributed by atoms with E-state index >= 15 is 0 Å². The lowest BCUT2D eigenvalue weighted by molar-refractivity contribution is -0.141. The van der Waals surface area contributed by atoms with E-state index in [-0.39, 0.29) is 56.6 Å². The average molecular weight is 568 g/mol. The number of carbonyl (C=O) groups excluding carboxylic acids is 3. The third-order valence-electron chi connectivity index (χ3n) is 11.4. The van der Waals surface area contributed by atoms with Gasteiger partial charge >= 0.3 is 5.97 Å². The number of methoxy groups -OCH3 is 1. The van der Waals surface area contributed by atoms with Crippen LogP contribution in [0.15, 0.2) is 23.3 Å². The molecule has 5 atom stereocenters. The zero-order valence-electron chi connectivity index (χ0n) is 28.0. The molecule has 0 aromatic carbocycles. The van der Waals surface area contributed by atoms with Gasteiger partial charge in [0.05, 0.1) is 12.7 Å². The highest BCUT2D eigenvalue weighted by molar-refractivity contribution is 6.02. The van der Waals surface area contributed by atoms with Crippen molar-refractivity contribution in [1.29, 1.82) is 5.26 Å². The maximum Gasteiger partial charge on any atom is 0.305 e. The predicted molar refractivity (Wildman–Crippen MR) is 166 cm³/mol. The van der Waals surface area contributed by atoms with Gasteiger partial charge in [0, 0.05) is 17.8 Å². The van der Waals surface area contributed by atoms with Crippen LogP contribution in [-0.2, 0) is 19.1 Å². The molecular weight excluding hydrogens is 510 g/mol. The van der Waals surface area contributed by atoms with Crippen molar-refractivity contribution in [3.8, 4) is 6.07 Å². The number of allylic oxidation sites excluding steroid dienone is 4. The van der Waals surface area contributed by atoms with Crippen LogP contribution in [0.1, 0.15) is 133 Å². The second kappa shape index (κ2) is 13.0. The maximum atomic E-state index is 12.9. The first-order valence-corrected chi connectivity index (χ1v) is 15.8. The summed E-state index contributed by atoms with van der Waals surface area (Å²) in [5.41, 5.74) is 0.520. The molecule has 0 bridgehead atoms. The van der Waals surface area contributed by atoms with E-state index < -0.39 is 5.41 Å². The summed E-state index contributed by atoms with van der Waals surface area (Å²) in [6, 6.07) is 2.15. The number of ether oxygens (including phenoxy) is 1. The van der Waals surface area contributed by atoms with Crippen molar-refractivity contribution in [3.63, 3.8) is 0 Å². The third-order valence-corrected chi connectivity index (χ3v) is 11.4. The fraction of sp³-hybridized carbons (Fsp3) is 0.778. The molecule has 0 radical (unpaired) electrons. The summed E-state index contributed by atoms with van der Waals surface area (Å²) in [6.45, 7) is 21.9. The molecule has 230 valence electrons. The van der Waals surface area contributed by atoms with Crippen LogP contribution in [0.3, 0.4) is 0 Å². The van der Waals surface area contributed by atoms with E-state index in [9.17, 15) is 19.6 Å². The minimum Gasteiger partial charge on any atom is -0.469 e. The lowest BCUT2D eigenvalue weighted by Gasteiger charge is -2.59. The third kappa shape index (κ3) is 7.60. The Hall–Kier alpha value is -2.22. The van der Waals surface area contributed by atoms with Crippen LogP contribution in [0.2, 0.25) is 0 Å². The molecule has 0 aliphatic heterocycles. The van der Waals surface area contributed by atoms with Gasteiger partial charge in [-0.25, -0.2) is 0 Å². The Labute approximate surface area is 250 Å². The Morgan fingerprint density at radius 3 is 2.22 bits per heavy atom. The molecule has 5 heteroatoms. The van der Waals surface area contributed by atoms with Crippen molar-refractivity contribution in [2.75, 3.05) is 7.11 Å². The number of rotatable bonds is 13. The van der Waals surface area contributed by atoms with Gasteiger partial charge < -0.3 is 4.74 Å². The summed E-state index contributed by atoms with van der Waals surface area (Å²) in [7, 11) is 1.46. The zero-order chi connectivity index (χ0) is 31.4. The van der Waals surface area contributed by atoms with Crippen molar-refractivity contribution in [3.05, 3.63) is 23.3 Å². The van der Waals surface area contributed by atoms with E-state index in [1.54, 1.807) is 6.92 Å². The van der Waals surface area contributed by atoms with Crippen molar-refractivity contribution in [2.24, 2.45) is 38.9 Å². The molecule has 0 heterocycles. The molecular formula is C36H57NO4. The molecule has 0 aromatic rings. The van der Waals surface area contributed by atoms with Crippen molar-refractivity contribution in [1.82, 2.24) is 0 Å².